The molecule has 3 heteroatoms. The number of aromatic nitrogens is 1. The van der Waals surface area contributed by atoms with Crippen LogP contribution in [0.4, 0.5) is 0 Å². The average molecular weight is 335 g/mol. The van der Waals surface area contributed by atoms with Crippen LogP contribution in [0.1, 0.15) is 43.2 Å². The van der Waals surface area contributed by atoms with E-state index >= 15 is 0 Å². The molecule has 0 saturated carbocycles. The molecule has 0 bridgehead atoms. The fourth-order valence-electron chi connectivity index (χ4n) is 5.01. The maximum Gasteiger partial charge on any atom is 0.0457 e. The number of benzene rings is 1. The Balaban J connectivity index is 1.39. The van der Waals surface area contributed by atoms with E-state index in [0.29, 0.717) is 6.04 Å². The Morgan fingerprint density at radius 2 is 1.96 bits per heavy atom. The summed E-state index contributed by atoms with van der Waals surface area (Å²) in [4.78, 5) is 8.75. The lowest BCUT2D eigenvalue weighted by Gasteiger charge is -2.28. The van der Waals surface area contributed by atoms with Crippen molar-refractivity contribution in [1.29, 1.82) is 0 Å². The molecule has 2 saturated heterocycles. The number of fused-ring (bicyclic) bond motifs is 2. The van der Waals surface area contributed by atoms with Gasteiger partial charge in [-0.1, -0.05) is 12.1 Å². The minimum Gasteiger partial charge on any atom is -0.361 e. The van der Waals surface area contributed by atoms with Crippen molar-refractivity contribution in [3.05, 3.63) is 41.6 Å². The van der Waals surface area contributed by atoms with Crippen LogP contribution in [-0.4, -0.2) is 53.5 Å². The molecular formula is C22H29N3. The lowest BCUT2D eigenvalue weighted by molar-refractivity contribution is 0.288. The van der Waals surface area contributed by atoms with E-state index in [1.165, 1.54) is 93.3 Å². The molecule has 132 valence electrons. The van der Waals surface area contributed by atoms with Gasteiger partial charge < -0.3 is 9.88 Å². The normalized spacial score (nSPS) is 24.8. The predicted octanol–water partition coefficient (Wildman–Crippen LogP) is 4.06. The molecule has 3 nitrogen and oxygen atoms in total. The number of likely N-dealkylation sites (tertiary alicyclic amines) is 1. The maximum absolute atomic E-state index is 3.48. The molecule has 2 aromatic rings. The Morgan fingerprint density at radius 1 is 1.04 bits per heavy atom. The van der Waals surface area contributed by atoms with Gasteiger partial charge in [-0.2, -0.15) is 0 Å². The first-order valence-electron chi connectivity index (χ1n) is 10.1. The Morgan fingerprint density at radius 3 is 2.88 bits per heavy atom. The quantitative estimate of drug-likeness (QED) is 0.910. The van der Waals surface area contributed by atoms with Crippen LogP contribution >= 0.6 is 0 Å². The minimum atomic E-state index is 0.695. The van der Waals surface area contributed by atoms with Crippen LogP contribution in [0.2, 0.25) is 0 Å². The zero-order valence-electron chi connectivity index (χ0n) is 15.1. The highest BCUT2D eigenvalue weighted by Gasteiger charge is 2.26. The van der Waals surface area contributed by atoms with Gasteiger partial charge in [0, 0.05) is 36.2 Å². The van der Waals surface area contributed by atoms with Gasteiger partial charge in [0.15, 0.2) is 0 Å². The van der Waals surface area contributed by atoms with Crippen molar-refractivity contribution in [2.45, 2.75) is 44.6 Å². The molecule has 2 fully saturated rings. The average Bonchev–Trinajstić information content (AvgIpc) is 3.39. The number of H-pyrrole nitrogens is 1. The monoisotopic (exact) mass is 335 g/mol. The van der Waals surface area contributed by atoms with Gasteiger partial charge in [-0.15, -0.1) is 0 Å². The Labute approximate surface area is 150 Å². The fourth-order valence-corrected chi connectivity index (χ4v) is 5.01. The molecule has 1 aromatic heterocycles. The van der Waals surface area contributed by atoms with Crippen molar-refractivity contribution in [3.63, 3.8) is 0 Å². The summed E-state index contributed by atoms with van der Waals surface area (Å²) in [5, 5.41) is 1.44. The van der Waals surface area contributed by atoms with Crippen LogP contribution in [0.15, 0.2) is 30.5 Å². The number of hydrogen-bond acceptors (Lipinski definition) is 2. The molecule has 0 unspecified atom stereocenters. The van der Waals surface area contributed by atoms with Crippen LogP contribution in [-0.2, 0) is 6.42 Å². The molecule has 25 heavy (non-hydrogen) atoms. The van der Waals surface area contributed by atoms with Gasteiger partial charge in [-0.05, 0) is 87.0 Å². The van der Waals surface area contributed by atoms with E-state index in [4.69, 9.17) is 0 Å². The molecule has 0 aliphatic carbocycles. The summed E-state index contributed by atoms with van der Waals surface area (Å²) in [6, 6.07) is 7.74. The van der Waals surface area contributed by atoms with Gasteiger partial charge in [0.25, 0.3) is 0 Å². The molecule has 3 aliphatic rings. The van der Waals surface area contributed by atoms with E-state index in [1.54, 1.807) is 5.57 Å². The second-order valence-corrected chi connectivity index (χ2v) is 8.06. The second kappa shape index (κ2) is 6.62. The zero-order chi connectivity index (χ0) is 16.6. The van der Waals surface area contributed by atoms with Crippen molar-refractivity contribution >= 4 is 16.5 Å². The molecule has 3 aliphatic heterocycles. The Kier molecular flexibility index (Phi) is 4.15. The first kappa shape index (κ1) is 15.7. The van der Waals surface area contributed by atoms with E-state index in [1.807, 2.05) is 0 Å². The molecule has 0 amide bonds. The molecular weight excluding hydrogens is 306 g/mol. The van der Waals surface area contributed by atoms with E-state index in [0.717, 1.165) is 0 Å². The number of nitrogens with zero attached hydrogens (tertiary/aromatic N) is 2. The van der Waals surface area contributed by atoms with Crippen molar-refractivity contribution < 1.29 is 0 Å². The van der Waals surface area contributed by atoms with E-state index in [9.17, 15) is 0 Å². The zero-order valence-corrected chi connectivity index (χ0v) is 15.1. The Bertz CT molecular complexity index is 782. The fraction of sp³-hybridized carbons (Fsp3) is 0.545. The summed E-state index contributed by atoms with van der Waals surface area (Å²) < 4.78 is 0. The number of rotatable bonds is 4. The van der Waals surface area contributed by atoms with Crippen molar-refractivity contribution in [3.8, 4) is 0 Å². The van der Waals surface area contributed by atoms with Crippen molar-refractivity contribution in [2.24, 2.45) is 0 Å². The first-order valence-corrected chi connectivity index (χ1v) is 10.1. The molecule has 1 atom stereocenters. The van der Waals surface area contributed by atoms with Gasteiger partial charge in [-0.25, -0.2) is 0 Å². The number of aromatic amines is 1. The van der Waals surface area contributed by atoms with Gasteiger partial charge in [0.05, 0.1) is 0 Å². The van der Waals surface area contributed by atoms with Crippen LogP contribution in [0.5, 0.6) is 0 Å². The van der Waals surface area contributed by atoms with Gasteiger partial charge in [0.1, 0.15) is 0 Å². The van der Waals surface area contributed by atoms with Crippen LogP contribution in [0.3, 0.4) is 0 Å². The topological polar surface area (TPSA) is 22.3 Å². The molecule has 0 spiro atoms. The summed E-state index contributed by atoms with van der Waals surface area (Å²) in [5.74, 6) is 0. The van der Waals surface area contributed by atoms with Crippen LogP contribution in [0, 0.1) is 0 Å². The summed E-state index contributed by atoms with van der Waals surface area (Å²) >= 11 is 0. The predicted molar refractivity (Wildman–Crippen MR) is 105 cm³/mol. The van der Waals surface area contributed by atoms with E-state index in [2.05, 4.69) is 45.3 Å². The highest BCUT2D eigenvalue weighted by Crippen LogP contribution is 2.32. The molecule has 1 aromatic carbocycles. The maximum atomic E-state index is 3.48. The third-order valence-electron chi connectivity index (χ3n) is 6.51. The molecule has 5 rings (SSSR count). The molecule has 4 heterocycles. The highest BCUT2D eigenvalue weighted by atomic mass is 15.2. The third-order valence-corrected chi connectivity index (χ3v) is 6.51. The summed E-state index contributed by atoms with van der Waals surface area (Å²) in [7, 11) is 0. The minimum absolute atomic E-state index is 0.695. The van der Waals surface area contributed by atoms with Gasteiger partial charge in [-0.3, -0.25) is 4.90 Å². The SMILES string of the molecule is C1=C(c2ccc3[nH]cc(CCN4CCCC4)c3c2)CCN2CCC[C@@H]12. The third kappa shape index (κ3) is 3.04. The largest absolute Gasteiger partial charge is 0.361 e. The lowest BCUT2D eigenvalue weighted by atomic mass is 9.94. The summed E-state index contributed by atoms with van der Waals surface area (Å²) in [6.45, 7) is 6.32. The number of hydrogen-bond donors (Lipinski definition) is 1. The van der Waals surface area contributed by atoms with Crippen LogP contribution in [0.25, 0.3) is 16.5 Å². The summed E-state index contributed by atoms with van der Waals surface area (Å²) in [6.07, 6.45) is 12.6. The van der Waals surface area contributed by atoms with E-state index in [-0.39, 0.29) is 0 Å². The van der Waals surface area contributed by atoms with Gasteiger partial charge in [0.2, 0.25) is 0 Å². The van der Waals surface area contributed by atoms with Crippen molar-refractivity contribution in [1.82, 2.24) is 14.8 Å². The first-order chi connectivity index (χ1) is 12.4. The molecule has 0 radical (unpaired) electrons. The summed E-state index contributed by atoms with van der Waals surface area (Å²) in [5.41, 5.74) is 5.79. The highest BCUT2D eigenvalue weighted by molar-refractivity contribution is 5.87. The van der Waals surface area contributed by atoms with Gasteiger partial charge >= 0.3 is 0 Å². The second-order valence-electron chi connectivity index (χ2n) is 8.06. The Hall–Kier alpha value is -1.58. The van der Waals surface area contributed by atoms with E-state index < -0.39 is 0 Å². The standard InChI is InChI=1S/C22H29N3/c1-2-10-24(9-1)12-7-19-16-23-22-6-5-17(15-21(19)22)18-8-13-25-11-3-4-20(25)14-18/h5-6,14-16,20,23H,1-4,7-13H2/t20-/m0/s1. The van der Waals surface area contributed by atoms with Crippen LogP contribution < -0.4 is 0 Å². The molecule has 1 N–H and O–H groups in total. The lowest BCUT2D eigenvalue weighted by Crippen LogP contribution is -2.32. The van der Waals surface area contributed by atoms with Crippen molar-refractivity contribution in [2.75, 3.05) is 32.7 Å². The number of nitrogens with one attached hydrogen (secondary N) is 1. The smallest absolute Gasteiger partial charge is 0.0457 e.